The topological polar surface area (TPSA) is 126 Å². The van der Waals surface area contributed by atoms with E-state index in [4.69, 9.17) is 0 Å². The monoisotopic (exact) mass is 442 g/mol. The number of nitrogens with zero attached hydrogens (tertiary/aromatic N) is 3. The lowest BCUT2D eigenvalue weighted by atomic mass is 9.83. The Bertz CT molecular complexity index is 1100. The van der Waals surface area contributed by atoms with E-state index in [9.17, 15) is 18.3 Å². The second kappa shape index (κ2) is 9.82. The minimum atomic E-state index is -3.23. The standard InChI is InChI=1S/C22H26N4O4S/c1-3-4-5-19(22(27)28)20(21-23-25-26-24-21)14-15-6-8-16(9-7-15)17-10-12-18(13-11-17)31(2,29)30/h6-13,19-20H,3-5,14H2,1-2H3,(H,27,28)(H,23,24,25,26)/t19-,20-/m1/s1. The Hall–Kier alpha value is -3.07. The maximum atomic E-state index is 11.9. The van der Waals surface area contributed by atoms with Crippen LogP contribution in [-0.2, 0) is 21.1 Å². The number of hydrogen-bond donors (Lipinski definition) is 2. The van der Waals surface area contributed by atoms with E-state index in [1.807, 2.05) is 31.2 Å². The van der Waals surface area contributed by atoms with Crippen molar-refractivity contribution >= 4 is 15.8 Å². The van der Waals surface area contributed by atoms with Gasteiger partial charge in [-0.2, -0.15) is 5.21 Å². The highest BCUT2D eigenvalue weighted by Crippen LogP contribution is 2.31. The van der Waals surface area contributed by atoms with Crippen LogP contribution >= 0.6 is 0 Å². The number of carboxylic acid groups (broad SMARTS) is 1. The summed E-state index contributed by atoms with van der Waals surface area (Å²) in [7, 11) is -3.23. The van der Waals surface area contributed by atoms with Crippen LogP contribution in [-0.4, -0.2) is 46.4 Å². The van der Waals surface area contributed by atoms with Crippen LogP contribution in [0.25, 0.3) is 11.1 Å². The van der Waals surface area contributed by atoms with Gasteiger partial charge >= 0.3 is 5.97 Å². The van der Waals surface area contributed by atoms with Crippen molar-refractivity contribution in [3.63, 3.8) is 0 Å². The molecule has 0 amide bonds. The number of H-pyrrole nitrogens is 1. The molecule has 0 spiro atoms. The van der Waals surface area contributed by atoms with E-state index in [0.29, 0.717) is 18.7 Å². The molecule has 1 heterocycles. The van der Waals surface area contributed by atoms with Gasteiger partial charge in [0.1, 0.15) is 0 Å². The van der Waals surface area contributed by atoms with Gasteiger partial charge in [0.05, 0.1) is 10.8 Å². The van der Waals surface area contributed by atoms with Crippen LogP contribution in [0, 0.1) is 5.92 Å². The SMILES string of the molecule is CCCC[C@@H](C(=O)O)[C@@H](Cc1ccc(-c2ccc(S(C)(=O)=O)cc2)cc1)c1nn[nH]n1. The summed E-state index contributed by atoms with van der Waals surface area (Å²) in [5, 5.41) is 23.9. The number of aromatic nitrogens is 4. The van der Waals surface area contributed by atoms with Crippen molar-refractivity contribution in [1.82, 2.24) is 20.6 Å². The molecule has 0 saturated heterocycles. The van der Waals surface area contributed by atoms with E-state index in [-0.39, 0.29) is 10.8 Å². The predicted octanol–water partition coefficient (Wildman–Crippen LogP) is 3.49. The van der Waals surface area contributed by atoms with E-state index in [0.717, 1.165) is 29.5 Å². The highest BCUT2D eigenvalue weighted by atomic mass is 32.2. The van der Waals surface area contributed by atoms with Crippen molar-refractivity contribution in [2.75, 3.05) is 6.26 Å². The van der Waals surface area contributed by atoms with Crippen LogP contribution in [0.4, 0.5) is 0 Å². The van der Waals surface area contributed by atoms with Gasteiger partial charge in [0.15, 0.2) is 15.7 Å². The molecule has 0 bridgehead atoms. The van der Waals surface area contributed by atoms with Crippen molar-refractivity contribution in [1.29, 1.82) is 0 Å². The lowest BCUT2D eigenvalue weighted by Crippen LogP contribution is -2.25. The Labute approximate surface area is 181 Å². The number of aromatic amines is 1. The first-order valence-corrected chi connectivity index (χ1v) is 12.0. The summed E-state index contributed by atoms with van der Waals surface area (Å²) in [5.74, 6) is -1.43. The molecule has 2 aromatic carbocycles. The molecular weight excluding hydrogens is 416 g/mol. The van der Waals surface area contributed by atoms with Gasteiger partial charge in [-0.3, -0.25) is 4.79 Å². The molecule has 8 nitrogen and oxygen atoms in total. The maximum Gasteiger partial charge on any atom is 0.307 e. The van der Waals surface area contributed by atoms with E-state index in [2.05, 4.69) is 20.6 Å². The minimum Gasteiger partial charge on any atom is -0.481 e. The van der Waals surface area contributed by atoms with Crippen molar-refractivity contribution in [2.24, 2.45) is 5.92 Å². The minimum absolute atomic E-state index is 0.280. The van der Waals surface area contributed by atoms with Crippen LogP contribution in [0.5, 0.6) is 0 Å². The number of benzene rings is 2. The van der Waals surface area contributed by atoms with Crippen LogP contribution in [0.3, 0.4) is 0 Å². The van der Waals surface area contributed by atoms with Crippen molar-refractivity contribution in [2.45, 2.75) is 43.4 Å². The average Bonchev–Trinajstić information content (AvgIpc) is 3.27. The normalized spacial score (nSPS) is 13.6. The van der Waals surface area contributed by atoms with Gasteiger partial charge in [0.2, 0.25) is 0 Å². The average molecular weight is 443 g/mol. The van der Waals surface area contributed by atoms with Crippen LogP contribution < -0.4 is 0 Å². The highest BCUT2D eigenvalue weighted by Gasteiger charge is 2.32. The fourth-order valence-corrected chi connectivity index (χ4v) is 4.27. The van der Waals surface area contributed by atoms with Gasteiger partial charge in [-0.1, -0.05) is 61.4 Å². The number of carbonyl (C=O) groups is 1. The largest absolute Gasteiger partial charge is 0.481 e. The molecule has 2 atom stereocenters. The van der Waals surface area contributed by atoms with Gasteiger partial charge in [-0.05, 0) is 41.7 Å². The number of hydrogen-bond acceptors (Lipinski definition) is 6. The van der Waals surface area contributed by atoms with Crippen molar-refractivity contribution in [3.8, 4) is 11.1 Å². The first-order chi connectivity index (χ1) is 14.8. The summed E-state index contributed by atoms with van der Waals surface area (Å²) in [6.45, 7) is 2.03. The molecule has 0 unspecified atom stereocenters. The van der Waals surface area contributed by atoms with Crippen LogP contribution in [0.2, 0.25) is 0 Å². The molecule has 1 aromatic heterocycles. The molecule has 0 aliphatic heterocycles. The van der Waals surface area contributed by atoms with Crippen LogP contribution in [0.1, 0.15) is 43.5 Å². The zero-order valence-corrected chi connectivity index (χ0v) is 18.3. The number of unbranched alkanes of at least 4 members (excludes halogenated alkanes) is 1. The summed E-state index contributed by atoms with van der Waals surface area (Å²) in [5.41, 5.74) is 2.81. The quantitative estimate of drug-likeness (QED) is 0.492. The second-order valence-corrected chi connectivity index (χ2v) is 9.68. The van der Waals surface area contributed by atoms with E-state index in [1.165, 1.54) is 6.26 Å². The molecule has 0 saturated carbocycles. The maximum absolute atomic E-state index is 11.9. The zero-order chi connectivity index (χ0) is 22.4. The number of rotatable bonds is 10. The third kappa shape index (κ3) is 5.75. The second-order valence-electron chi connectivity index (χ2n) is 7.66. The summed E-state index contributed by atoms with van der Waals surface area (Å²) in [6.07, 6.45) is 3.94. The van der Waals surface area contributed by atoms with Crippen LogP contribution in [0.15, 0.2) is 53.4 Å². The molecule has 2 N–H and O–H groups in total. The Balaban J connectivity index is 1.82. The van der Waals surface area contributed by atoms with Gasteiger partial charge < -0.3 is 5.11 Å². The number of carboxylic acids is 1. The Morgan fingerprint density at radius 2 is 1.68 bits per heavy atom. The zero-order valence-electron chi connectivity index (χ0n) is 17.5. The molecule has 3 rings (SSSR count). The number of sulfone groups is 1. The number of tetrazole rings is 1. The Kier molecular flexibility index (Phi) is 7.17. The molecule has 0 radical (unpaired) electrons. The lowest BCUT2D eigenvalue weighted by molar-refractivity contribution is -0.143. The Morgan fingerprint density at radius 3 is 2.16 bits per heavy atom. The molecular formula is C22H26N4O4S. The number of nitrogens with one attached hydrogen (secondary N) is 1. The first-order valence-electron chi connectivity index (χ1n) is 10.1. The summed E-state index contributed by atoms with van der Waals surface area (Å²) >= 11 is 0. The number of aliphatic carboxylic acids is 1. The molecule has 0 fully saturated rings. The van der Waals surface area contributed by atoms with E-state index >= 15 is 0 Å². The molecule has 0 aliphatic rings. The third-order valence-electron chi connectivity index (χ3n) is 5.39. The fourth-order valence-electron chi connectivity index (χ4n) is 3.64. The first kappa shape index (κ1) is 22.6. The van der Waals surface area contributed by atoms with E-state index in [1.54, 1.807) is 24.3 Å². The van der Waals surface area contributed by atoms with Gasteiger partial charge in [-0.15, -0.1) is 10.2 Å². The lowest BCUT2D eigenvalue weighted by Gasteiger charge is -2.21. The fraction of sp³-hybridized carbons (Fsp3) is 0.364. The van der Waals surface area contributed by atoms with E-state index < -0.39 is 21.7 Å². The molecule has 3 aromatic rings. The molecule has 164 valence electrons. The van der Waals surface area contributed by atoms with Gasteiger partial charge in [0.25, 0.3) is 0 Å². The third-order valence-corrected chi connectivity index (χ3v) is 6.52. The molecule has 0 aliphatic carbocycles. The van der Waals surface area contributed by atoms with Gasteiger partial charge in [0, 0.05) is 12.2 Å². The van der Waals surface area contributed by atoms with Crippen molar-refractivity contribution < 1.29 is 18.3 Å². The summed E-state index contributed by atoms with van der Waals surface area (Å²) < 4.78 is 23.3. The van der Waals surface area contributed by atoms with Gasteiger partial charge in [-0.25, -0.2) is 8.42 Å². The molecule has 9 heteroatoms. The molecule has 31 heavy (non-hydrogen) atoms. The highest BCUT2D eigenvalue weighted by molar-refractivity contribution is 7.90. The van der Waals surface area contributed by atoms with Crippen molar-refractivity contribution in [3.05, 3.63) is 59.9 Å². The smallest absolute Gasteiger partial charge is 0.307 e. The Morgan fingerprint density at radius 1 is 1.06 bits per heavy atom. The summed E-state index contributed by atoms with van der Waals surface area (Å²) in [6, 6.07) is 14.5. The predicted molar refractivity (Wildman–Crippen MR) is 116 cm³/mol. The summed E-state index contributed by atoms with van der Waals surface area (Å²) in [4.78, 5) is 12.2.